The van der Waals surface area contributed by atoms with Gasteiger partial charge < -0.3 is 9.47 Å². The number of ether oxygens (including phenoxy) is 2. The highest BCUT2D eigenvalue weighted by Gasteiger charge is 2.58. The van der Waals surface area contributed by atoms with Crippen molar-refractivity contribution in [1.29, 1.82) is 0 Å². The van der Waals surface area contributed by atoms with Crippen LogP contribution in [0.2, 0.25) is 0 Å². The lowest BCUT2D eigenvalue weighted by Crippen LogP contribution is -2.46. The Kier molecular flexibility index (Phi) is 2.48. The molecule has 1 spiro atoms. The molecule has 0 aromatic rings. The normalized spacial score (nSPS) is 46.5. The summed E-state index contributed by atoms with van der Waals surface area (Å²) < 4.78 is 12.3. The summed E-state index contributed by atoms with van der Waals surface area (Å²) in [6.07, 6.45) is 5.00. The van der Waals surface area contributed by atoms with E-state index in [1.807, 2.05) is 0 Å². The highest BCUT2D eigenvalue weighted by Crippen LogP contribution is 2.60. The quantitative estimate of drug-likeness (QED) is 0.675. The summed E-state index contributed by atoms with van der Waals surface area (Å²) in [6, 6.07) is 0. The molecular formula is C16H24O3. The van der Waals surface area contributed by atoms with Gasteiger partial charge in [-0.15, -0.1) is 0 Å². The van der Waals surface area contributed by atoms with E-state index in [-0.39, 0.29) is 11.2 Å². The van der Waals surface area contributed by atoms with Crippen LogP contribution in [0.3, 0.4) is 0 Å². The van der Waals surface area contributed by atoms with Gasteiger partial charge in [0.15, 0.2) is 5.79 Å². The molecular weight excluding hydrogens is 240 g/mol. The molecule has 3 aliphatic carbocycles. The minimum Gasteiger partial charge on any atom is -0.349 e. The molecule has 4 atom stereocenters. The van der Waals surface area contributed by atoms with Gasteiger partial charge in [-0.3, -0.25) is 4.79 Å². The third kappa shape index (κ3) is 1.89. The second-order valence-corrected chi connectivity index (χ2v) is 8.09. The minimum absolute atomic E-state index is 0.148. The van der Waals surface area contributed by atoms with Crippen molar-refractivity contribution in [2.24, 2.45) is 29.1 Å². The van der Waals surface area contributed by atoms with Gasteiger partial charge in [0.25, 0.3) is 0 Å². The van der Waals surface area contributed by atoms with Crippen LogP contribution in [0, 0.1) is 29.1 Å². The standard InChI is InChI=1S/C16H24O3/c1-15(2)8-18-16(19-9-15)6-11-3-10-4-12(17)5-13(10)14(11)7-16/h10-11,13-14H,3-9H2,1-2H3/t10-,11+,13-,14-/m1/s1. The van der Waals surface area contributed by atoms with Gasteiger partial charge in [-0.2, -0.15) is 0 Å². The van der Waals surface area contributed by atoms with E-state index in [0.717, 1.165) is 44.8 Å². The predicted octanol–water partition coefficient (Wildman–Crippen LogP) is 2.78. The summed E-state index contributed by atoms with van der Waals surface area (Å²) in [5.41, 5.74) is 0.148. The zero-order valence-electron chi connectivity index (χ0n) is 12.0. The Balaban J connectivity index is 1.49. The van der Waals surface area contributed by atoms with Crippen molar-refractivity contribution in [1.82, 2.24) is 0 Å². The van der Waals surface area contributed by atoms with Gasteiger partial charge in [0.2, 0.25) is 0 Å². The molecule has 0 N–H and O–H groups in total. The molecule has 106 valence electrons. The molecule has 0 unspecified atom stereocenters. The largest absolute Gasteiger partial charge is 0.349 e. The van der Waals surface area contributed by atoms with Gasteiger partial charge in [0, 0.05) is 31.1 Å². The molecule has 3 heteroatoms. The van der Waals surface area contributed by atoms with Crippen LogP contribution in [0.4, 0.5) is 0 Å². The molecule has 3 nitrogen and oxygen atoms in total. The fourth-order valence-corrected chi connectivity index (χ4v) is 5.00. The lowest BCUT2D eigenvalue weighted by molar-refractivity contribution is -0.298. The topological polar surface area (TPSA) is 35.5 Å². The Morgan fingerprint density at radius 3 is 2.47 bits per heavy atom. The van der Waals surface area contributed by atoms with E-state index < -0.39 is 0 Å². The molecule has 4 rings (SSSR count). The van der Waals surface area contributed by atoms with Gasteiger partial charge in [-0.25, -0.2) is 0 Å². The van der Waals surface area contributed by atoms with Crippen LogP contribution in [0.25, 0.3) is 0 Å². The summed E-state index contributed by atoms with van der Waals surface area (Å²) in [4.78, 5) is 11.6. The summed E-state index contributed by atoms with van der Waals surface area (Å²) in [6.45, 7) is 6.00. The van der Waals surface area contributed by atoms with Crippen molar-refractivity contribution in [2.75, 3.05) is 13.2 Å². The third-order valence-corrected chi connectivity index (χ3v) is 5.89. The Labute approximate surface area is 115 Å². The lowest BCUT2D eigenvalue weighted by atomic mass is 9.89. The van der Waals surface area contributed by atoms with Crippen molar-refractivity contribution < 1.29 is 14.3 Å². The van der Waals surface area contributed by atoms with E-state index in [1.165, 1.54) is 6.42 Å². The van der Waals surface area contributed by atoms with Crippen LogP contribution in [0.15, 0.2) is 0 Å². The fourth-order valence-electron chi connectivity index (χ4n) is 5.00. The lowest BCUT2D eigenvalue weighted by Gasteiger charge is -2.42. The van der Waals surface area contributed by atoms with Gasteiger partial charge >= 0.3 is 0 Å². The number of carbonyl (C=O) groups excluding carboxylic acids is 1. The monoisotopic (exact) mass is 264 g/mol. The summed E-state index contributed by atoms with van der Waals surface area (Å²) in [5.74, 6) is 2.92. The molecule has 3 saturated carbocycles. The molecule has 1 saturated heterocycles. The number of hydrogen-bond donors (Lipinski definition) is 0. The SMILES string of the molecule is CC1(C)COC2(C[C@@H]3C[C@@H]4CC(=O)C[C@H]4[C@@H]3C2)OC1. The van der Waals surface area contributed by atoms with Crippen molar-refractivity contribution in [3.05, 3.63) is 0 Å². The molecule has 4 fully saturated rings. The zero-order valence-corrected chi connectivity index (χ0v) is 12.0. The van der Waals surface area contributed by atoms with Crippen LogP contribution in [-0.4, -0.2) is 24.8 Å². The number of ketones is 1. The second kappa shape index (κ2) is 3.82. The van der Waals surface area contributed by atoms with Crippen LogP contribution >= 0.6 is 0 Å². The average Bonchev–Trinajstić information content (AvgIpc) is 2.93. The van der Waals surface area contributed by atoms with Crippen LogP contribution in [-0.2, 0) is 14.3 Å². The van der Waals surface area contributed by atoms with Crippen LogP contribution in [0.1, 0.15) is 46.0 Å². The zero-order chi connectivity index (χ0) is 13.3. The average molecular weight is 264 g/mol. The van der Waals surface area contributed by atoms with Gasteiger partial charge in [0.05, 0.1) is 13.2 Å². The smallest absolute Gasteiger partial charge is 0.168 e. The van der Waals surface area contributed by atoms with Crippen molar-refractivity contribution >= 4 is 5.78 Å². The Morgan fingerprint density at radius 1 is 1.00 bits per heavy atom. The summed E-state index contributed by atoms with van der Waals surface area (Å²) in [7, 11) is 0. The maximum atomic E-state index is 11.6. The predicted molar refractivity (Wildman–Crippen MR) is 70.5 cm³/mol. The van der Waals surface area contributed by atoms with Crippen LogP contribution in [0.5, 0.6) is 0 Å². The molecule has 4 aliphatic rings. The second-order valence-electron chi connectivity index (χ2n) is 8.09. The number of rotatable bonds is 0. The Bertz CT molecular complexity index is 404. The van der Waals surface area contributed by atoms with Crippen LogP contribution < -0.4 is 0 Å². The highest BCUT2D eigenvalue weighted by atomic mass is 16.7. The Hall–Kier alpha value is -0.410. The molecule has 19 heavy (non-hydrogen) atoms. The van der Waals surface area contributed by atoms with Gasteiger partial charge in [-0.05, 0) is 30.1 Å². The van der Waals surface area contributed by atoms with Crippen molar-refractivity contribution in [3.63, 3.8) is 0 Å². The van der Waals surface area contributed by atoms with E-state index >= 15 is 0 Å². The first-order valence-electron chi connectivity index (χ1n) is 7.76. The van der Waals surface area contributed by atoms with Crippen molar-refractivity contribution in [2.45, 2.75) is 51.7 Å². The molecule has 1 heterocycles. The van der Waals surface area contributed by atoms with Crippen molar-refractivity contribution in [3.8, 4) is 0 Å². The maximum Gasteiger partial charge on any atom is 0.168 e. The van der Waals surface area contributed by atoms with E-state index in [4.69, 9.17) is 9.47 Å². The Morgan fingerprint density at radius 2 is 1.74 bits per heavy atom. The van der Waals surface area contributed by atoms with E-state index in [2.05, 4.69) is 13.8 Å². The molecule has 0 bridgehead atoms. The van der Waals surface area contributed by atoms with Gasteiger partial charge in [-0.1, -0.05) is 13.8 Å². The molecule has 0 radical (unpaired) electrons. The first kappa shape index (κ1) is 12.3. The highest BCUT2D eigenvalue weighted by molar-refractivity contribution is 5.81. The molecule has 0 aromatic heterocycles. The van der Waals surface area contributed by atoms with E-state index in [0.29, 0.717) is 23.5 Å². The summed E-state index contributed by atoms with van der Waals surface area (Å²) in [5, 5.41) is 0. The van der Waals surface area contributed by atoms with E-state index in [9.17, 15) is 4.79 Å². The number of carbonyl (C=O) groups is 1. The minimum atomic E-state index is -0.304. The van der Waals surface area contributed by atoms with E-state index in [1.54, 1.807) is 0 Å². The number of Topliss-reactive ketones (excluding diaryl/α,β-unsaturated/α-hetero) is 1. The first-order chi connectivity index (χ1) is 8.96. The third-order valence-electron chi connectivity index (χ3n) is 5.89. The fraction of sp³-hybridized carbons (Fsp3) is 0.938. The number of hydrogen-bond acceptors (Lipinski definition) is 3. The molecule has 0 amide bonds. The number of fused-ring (bicyclic) bond motifs is 3. The first-order valence-corrected chi connectivity index (χ1v) is 7.76. The summed E-state index contributed by atoms with van der Waals surface area (Å²) >= 11 is 0. The molecule has 0 aromatic carbocycles. The molecule has 1 aliphatic heterocycles. The van der Waals surface area contributed by atoms with Gasteiger partial charge in [0.1, 0.15) is 5.78 Å². The maximum absolute atomic E-state index is 11.6.